The van der Waals surface area contributed by atoms with Gasteiger partial charge in [0.2, 0.25) is 10.0 Å². The molecule has 8 heteroatoms. The second-order valence-electron chi connectivity index (χ2n) is 5.42. The average Bonchev–Trinajstić information content (AvgIpc) is 3.21. The zero-order valence-corrected chi connectivity index (χ0v) is 13.6. The molecule has 1 aromatic rings. The Bertz CT molecular complexity index is 580. The Kier molecular flexibility index (Phi) is 4.90. The number of sulfonamides is 1. The predicted octanol–water partition coefficient (Wildman–Crippen LogP) is 0.921. The number of hydrogen-bond acceptors (Lipinski definition) is 5. The van der Waals surface area contributed by atoms with Gasteiger partial charge in [0.1, 0.15) is 4.90 Å². The van der Waals surface area contributed by atoms with Crippen LogP contribution >= 0.6 is 0 Å². The molecular weight excluding hydrogens is 292 g/mol. The zero-order valence-electron chi connectivity index (χ0n) is 12.8. The number of nitrogens with zero attached hydrogens (tertiary/aromatic N) is 3. The van der Waals surface area contributed by atoms with Crippen LogP contribution in [0.25, 0.3) is 0 Å². The van der Waals surface area contributed by atoms with E-state index in [4.69, 9.17) is 10.5 Å². The Morgan fingerprint density at radius 3 is 2.71 bits per heavy atom. The molecule has 0 spiro atoms. The van der Waals surface area contributed by atoms with E-state index in [0.29, 0.717) is 25.6 Å². The van der Waals surface area contributed by atoms with Gasteiger partial charge < -0.3 is 10.5 Å². The average molecular weight is 316 g/mol. The largest absolute Gasteiger partial charge is 0.383 e. The lowest BCUT2D eigenvalue weighted by Crippen LogP contribution is -2.42. The van der Waals surface area contributed by atoms with Gasteiger partial charge >= 0.3 is 0 Å². The maximum absolute atomic E-state index is 12.9. The first kappa shape index (κ1) is 16.3. The van der Waals surface area contributed by atoms with Crippen LogP contribution in [-0.2, 0) is 21.3 Å². The summed E-state index contributed by atoms with van der Waals surface area (Å²) in [4.78, 5) is 0.0907. The van der Waals surface area contributed by atoms with Crippen LogP contribution in [0.1, 0.15) is 26.7 Å². The topological polar surface area (TPSA) is 90.5 Å². The zero-order chi connectivity index (χ0) is 15.6. The molecule has 1 aliphatic rings. The summed E-state index contributed by atoms with van der Waals surface area (Å²) in [5.74, 6) is 0.487. The Hall–Kier alpha value is -1.12. The van der Waals surface area contributed by atoms with E-state index in [0.717, 1.165) is 12.8 Å². The molecule has 1 heterocycles. The minimum atomic E-state index is -3.65. The van der Waals surface area contributed by atoms with Crippen LogP contribution in [0.2, 0.25) is 0 Å². The monoisotopic (exact) mass is 316 g/mol. The maximum Gasteiger partial charge on any atom is 0.248 e. The molecule has 0 amide bonds. The number of hydrogen-bond donors (Lipinski definition) is 1. The number of rotatable bonds is 8. The summed E-state index contributed by atoms with van der Waals surface area (Å²) in [5.41, 5.74) is 5.79. The minimum absolute atomic E-state index is 0.0467. The number of ether oxygens (including phenoxy) is 1. The van der Waals surface area contributed by atoms with Crippen LogP contribution in [0.3, 0.4) is 0 Å². The first-order chi connectivity index (χ1) is 9.91. The standard InChI is InChI=1S/C13H24N4O3S/c1-4-16-9-12(13(14)15-16)21(18,19)17(7-8-20-3)10(2)11-5-6-11/h9-11H,4-8H2,1-3H3,(H2,14,15). The molecule has 0 radical (unpaired) electrons. The van der Waals surface area contributed by atoms with Crippen LogP contribution in [0.4, 0.5) is 5.82 Å². The van der Waals surface area contributed by atoms with Crippen molar-refractivity contribution in [3.8, 4) is 0 Å². The molecule has 1 unspecified atom stereocenters. The van der Waals surface area contributed by atoms with Gasteiger partial charge in [0, 0.05) is 32.4 Å². The number of aryl methyl sites for hydroxylation is 1. The quantitative estimate of drug-likeness (QED) is 0.770. The second-order valence-corrected chi connectivity index (χ2v) is 7.28. The highest BCUT2D eigenvalue weighted by molar-refractivity contribution is 7.89. The van der Waals surface area contributed by atoms with Crippen LogP contribution in [0, 0.1) is 5.92 Å². The third-order valence-corrected chi connectivity index (χ3v) is 5.94. The molecule has 0 aliphatic heterocycles. The van der Waals surface area contributed by atoms with Crippen molar-refractivity contribution in [2.24, 2.45) is 5.92 Å². The van der Waals surface area contributed by atoms with E-state index >= 15 is 0 Å². The van der Waals surface area contributed by atoms with Crippen molar-refractivity contribution >= 4 is 15.8 Å². The van der Waals surface area contributed by atoms with Crippen molar-refractivity contribution in [2.45, 2.75) is 44.2 Å². The lowest BCUT2D eigenvalue weighted by atomic mass is 10.2. The molecule has 2 rings (SSSR count). The minimum Gasteiger partial charge on any atom is -0.383 e. The molecule has 1 saturated carbocycles. The fourth-order valence-electron chi connectivity index (χ4n) is 2.44. The smallest absolute Gasteiger partial charge is 0.248 e. The van der Waals surface area contributed by atoms with Crippen molar-refractivity contribution in [1.29, 1.82) is 0 Å². The molecule has 21 heavy (non-hydrogen) atoms. The number of nitrogens with two attached hydrogens (primary N) is 1. The van der Waals surface area contributed by atoms with Crippen molar-refractivity contribution in [3.63, 3.8) is 0 Å². The van der Waals surface area contributed by atoms with E-state index in [2.05, 4.69) is 5.10 Å². The summed E-state index contributed by atoms with van der Waals surface area (Å²) in [6, 6.07) is -0.0467. The van der Waals surface area contributed by atoms with Crippen LogP contribution in [0.5, 0.6) is 0 Å². The fourth-order valence-corrected chi connectivity index (χ4v) is 4.18. The predicted molar refractivity (Wildman–Crippen MR) is 80.3 cm³/mol. The molecule has 0 bridgehead atoms. The molecule has 120 valence electrons. The van der Waals surface area contributed by atoms with E-state index in [1.165, 1.54) is 10.5 Å². The lowest BCUT2D eigenvalue weighted by Gasteiger charge is -2.27. The van der Waals surface area contributed by atoms with Crippen molar-refractivity contribution in [3.05, 3.63) is 6.20 Å². The van der Waals surface area contributed by atoms with Gasteiger partial charge in [-0.2, -0.15) is 9.40 Å². The van der Waals surface area contributed by atoms with Crippen LogP contribution < -0.4 is 5.73 Å². The highest BCUT2D eigenvalue weighted by Crippen LogP contribution is 2.37. The Morgan fingerprint density at radius 1 is 1.57 bits per heavy atom. The number of methoxy groups -OCH3 is 1. The number of aromatic nitrogens is 2. The van der Waals surface area contributed by atoms with Gasteiger partial charge in [-0.3, -0.25) is 4.68 Å². The summed E-state index contributed by atoms with van der Waals surface area (Å²) in [5, 5.41) is 4.04. The number of anilines is 1. The SMILES string of the molecule is CCn1cc(S(=O)(=O)N(CCOC)C(C)C2CC2)c(N)n1. The van der Waals surface area contributed by atoms with Gasteiger partial charge in [-0.15, -0.1) is 0 Å². The van der Waals surface area contributed by atoms with Gasteiger partial charge in [0.05, 0.1) is 6.61 Å². The van der Waals surface area contributed by atoms with Crippen molar-refractivity contribution < 1.29 is 13.2 Å². The molecule has 1 fully saturated rings. The normalized spacial score (nSPS) is 17.3. The van der Waals surface area contributed by atoms with Gasteiger partial charge in [-0.05, 0) is 32.6 Å². The first-order valence-electron chi connectivity index (χ1n) is 7.25. The maximum atomic E-state index is 12.9. The Labute approximate surface area is 126 Å². The van der Waals surface area contributed by atoms with E-state index in [9.17, 15) is 8.42 Å². The Balaban J connectivity index is 2.32. The van der Waals surface area contributed by atoms with Crippen LogP contribution in [0.15, 0.2) is 11.1 Å². The lowest BCUT2D eigenvalue weighted by molar-refractivity contribution is 0.164. The van der Waals surface area contributed by atoms with Gasteiger partial charge in [-0.1, -0.05) is 0 Å². The molecule has 0 aromatic carbocycles. The Morgan fingerprint density at radius 2 is 2.24 bits per heavy atom. The molecule has 2 N–H and O–H groups in total. The van der Waals surface area contributed by atoms with Crippen molar-refractivity contribution in [2.75, 3.05) is 26.0 Å². The van der Waals surface area contributed by atoms with Gasteiger partial charge in [0.25, 0.3) is 0 Å². The van der Waals surface area contributed by atoms with E-state index in [1.807, 2.05) is 13.8 Å². The third kappa shape index (κ3) is 3.38. The molecule has 0 saturated heterocycles. The highest BCUT2D eigenvalue weighted by Gasteiger charge is 2.39. The highest BCUT2D eigenvalue weighted by atomic mass is 32.2. The summed E-state index contributed by atoms with van der Waals surface area (Å²) in [7, 11) is -2.09. The summed E-state index contributed by atoms with van der Waals surface area (Å²) in [6.45, 7) is 5.10. The molecular formula is C13H24N4O3S. The first-order valence-corrected chi connectivity index (χ1v) is 8.69. The van der Waals surface area contributed by atoms with Crippen molar-refractivity contribution in [1.82, 2.24) is 14.1 Å². The molecule has 1 atom stereocenters. The van der Waals surface area contributed by atoms with Crippen LogP contribution in [-0.4, -0.2) is 48.8 Å². The summed E-state index contributed by atoms with van der Waals surface area (Å²) >= 11 is 0. The molecule has 1 aliphatic carbocycles. The second kappa shape index (κ2) is 6.33. The molecule has 1 aromatic heterocycles. The molecule has 7 nitrogen and oxygen atoms in total. The van der Waals surface area contributed by atoms with E-state index in [-0.39, 0.29) is 16.8 Å². The van der Waals surface area contributed by atoms with Gasteiger partial charge in [0.15, 0.2) is 5.82 Å². The number of nitrogen functional groups attached to an aromatic ring is 1. The van der Waals surface area contributed by atoms with Gasteiger partial charge in [-0.25, -0.2) is 8.42 Å². The summed E-state index contributed by atoms with van der Waals surface area (Å²) < 4.78 is 33.9. The van der Waals surface area contributed by atoms with E-state index < -0.39 is 10.0 Å². The van der Waals surface area contributed by atoms with E-state index in [1.54, 1.807) is 11.8 Å². The summed E-state index contributed by atoms with van der Waals surface area (Å²) in [6.07, 6.45) is 3.65. The third-order valence-electron chi connectivity index (χ3n) is 3.94. The fraction of sp³-hybridized carbons (Fsp3) is 0.769.